The van der Waals surface area contributed by atoms with Crippen LogP contribution in [0.25, 0.3) is 0 Å². The zero-order chi connectivity index (χ0) is 14.4. The number of rotatable bonds is 6. The van der Waals surface area contributed by atoms with Crippen LogP contribution in [0.4, 0.5) is 0 Å². The lowest BCUT2D eigenvalue weighted by Crippen LogP contribution is -2.28. The molecule has 0 saturated heterocycles. The van der Waals surface area contributed by atoms with Crippen LogP contribution in [0.2, 0.25) is 10.0 Å². The van der Waals surface area contributed by atoms with E-state index in [9.17, 15) is 0 Å². The van der Waals surface area contributed by atoms with Gasteiger partial charge in [-0.25, -0.2) is 0 Å². The zero-order valence-corrected chi connectivity index (χ0v) is 13.8. The van der Waals surface area contributed by atoms with Crippen molar-refractivity contribution < 1.29 is 0 Å². The molecular weight excluding hydrogens is 289 g/mol. The zero-order valence-electron chi connectivity index (χ0n) is 12.3. The van der Waals surface area contributed by atoms with Crippen molar-refractivity contribution in [1.82, 2.24) is 5.32 Å². The van der Waals surface area contributed by atoms with E-state index in [1.165, 1.54) is 50.5 Å². The molecule has 0 amide bonds. The van der Waals surface area contributed by atoms with Gasteiger partial charge >= 0.3 is 0 Å². The Hall–Kier alpha value is -0.240. The fourth-order valence-corrected chi connectivity index (χ4v) is 3.70. The van der Waals surface area contributed by atoms with Crippen LogP contribution >= 0.6 is 23.2 Å². The van der Waals surface area contributed by atoms with E-state index in [0.29, 0.717) is 11.1 Å². The minimum atomic E-state index is 0.510. The van der Waals surface area contributed by atoms with Crippen molar-refractivity contribution in [2.24, 2.45) is 5.92 Å². The molecule has 2 rings (SSSR count). The van der Waals surface area contributed by atoms with Crippen LogP contribution in [0.1, 0.15) is 50.5 Å². The molecule has 1 saturated carbocycles. The topological polar surface area (TPSA) is 12.0 Å². The predicted octanol–water partition coefficient (Wildman–Crippen LogP) is 5.48. The van der Waals surface area contributed by atoms with Gasteiger partial charge in [-0.1, -0.05) is 61.4 Å². The Labute approximate surface area is 133 Å². The van der Waals surface area contributed by atoms with Crippen molar-refractivity contribution >= 4 is 23.2 Å². The third-order valence-corrected chi connectivity index (χ3v) is 5.12. The second kappa shape index (κ2) is 8.26. The van der Waals surface area contributed by atoms with Crippen LogP contribution in [0.5, 0.6) is 0 Å². The summed E-state index contributed by atoms with van der Waals surface area (Å²) in [7, 11) is 2.05. The maximum atomic E-state index is 6.27. The Bertz CT molecular complexity index is 413. The smallest absolute Gasteiger partial charge is 0.0453 e. The average molecular weight is 314 g/mol. The standard InChI is InChI=1S/C17H25Cl2N/c1-20-16(10-7-13-5-3-2-4-6-13)11-14-8-9-15(18)12-17(14)19/h8-9,12-13,16,20H,2-7,10-11H2,1H3. The molecule has 0 aliphatic heterocycles. The van der Waals surface area contributed by atoms with Gasteiger partial charge in [-0.3, -0.25) is 0 Å². The largest absolute Gasteiger partial charge is 0.317 e. The van der Waals surface area contributed by atoms with E-state index in [1.54, 1.807) is 0 Å². The van der Waals surface area contributed by atoms with Gasteiger partial charge in [-0.2, -0.15) is 0 Å². The van der Waals surface area contributed by atoms with E-state index >= 15 is 0 Å². The number of benzene rings is 1. The lowest BCUT2D eigenvalue weighted by molar-refractivity contribution is 0.316. The summed E-state index contributed by atoms with van der Waals surface area (Å²) in [5, 5.41) is 4.94. The quantitative estimate of drug-likeness (QED) is 0.732. The SMILES string of the molecule is CNC(CCC1CCCCC1)Cc1ccc(Cl)cc1Cl. The minimum Gasteiger partial charge on any atom is -0.317 e. The van der Waals surface area contributed by atoms with Crippen LogP contribution in [-0.2, 0) is 6.42 Å². The highest BCUT2D eigenvalue weighted by Crippen LogP contribution is 2.29. The molecule has 0 bridgehead atoms. The lowest BCUT2D eigenvalue weighted by Gasteiger charge is -2.24. The van der Waals surface area contributed by atoms with Gasteiger partial charge in [0.1, 0.15) is 0 Å². The Balaban J connectivity index is 1.84. The highest BCUT2D eigenvalue weighted by molar-refractivity contribution is 6.35. The third-order valence-electron chi connectivity index (χ3n) is 4.54. The van der Waals surface area contributed by atoms with E-state index in [-0.39, 0.29) is 0 Å². The molecule has 1 aromatic carbocycles. The predicted molar refractivity (Wildman–Crippen MR) is 88.8 cm³/mol. The van der Waals surface area contributed by atoms with E-state index in [1.807, 2.05) is 12.1 Å². The summed E-state index contributed by atoms with van der Waals surface area (Å²) < 4.78 is 0. The molecule has 1 N–H and O–H groups in total. The second-order valence-corrected chi connectivity index (χ2v) is 6.85. The van der Waals surface area contributed by atoms with Crippen LogP contribution in [0.15, 0.2) is 18.2 Å². The number of likely N-dealkylation sites (N-methyl/N-ethyl adjacent to an activating group) is 1. The fraction of sp³-hybridized carbons (Fsp3) is 0.647. The normalized spacial score (nSPS) is 18.1. The van der Waals surface area contributed by atoms with Crippen molar-refractivity contribution in [2.45, 2.75) is 57.4 Å². The Morgan fingerprint density at radius 1 is 1.20 bits per heavy atom. The van der Waals surface area contributed by atoms with Gasteiger partial charge in [0.25, 0.3) is 0 Å². The van der Waals surface area contributed by atoms with Gasteiger partial charge < -0.3 is 5.32 Å². The Kier molecular flexibility index (Phi) is 6.67. The van der Waals surface area contributed by atoms with Crippen molar-refractivity contribution in [3.63, 3.8) is 0 Å². The summed E-state index contributed by atoms with van der Waals surface area (Å²) in [5.74, 6) is 0.945. The molecule has 1 atom stereocenters. The summed E-state index contributed by atoms with van der Waals surface area (Å²) in [6, 6.07) is 6.33. The first-order chi connectivity index (χ1) is 9.69. The van der Waals surface area contributed by atoms with E-state index in [0.717, 1.165) is 17.4 Å². The minimum absolute atomic E-state index is 0.510. The van der Waals surface area contributed by atoms with E-state index in [4.69, 9.17) is 23.2 Å². The maximum Gasteiger partial charge on any atom is 0.0453 e. The molecule has 0 aromatic heterocycles. The van der Waals surface area contributed by atoms with Gasteiger partial charge in [0.05, 0.1) is 0 Å². The highest BCUT2D eigenvalue weighted by atomic mass is 35.5. The van der Waals surface area contributed by atoms with Crippen molar-refractivity contribution in [2.75, 3.05) is 7.05 Å². The number of nitrogens with one attached hydrogen (secondary N) is 1. The lowest BCUT2D eigenvalue weighted by atomic mass is 9.84. The van der Waals surface area contributed by atoms with Gasteiger partial charge in [-0.05, 0) is 49.9 Å². The molecule has 0 radical (unpaired) electrons. The monoisotopic (exact) mass is 313 g/mol. The number of hydrogen-bond acceptors (Lipinski definition) is 1. The first kappa shape index (κ1) is 16.1. The van der Waals surface area contributed by atoms with Gasteiger partial charge in [-0.15, -0.1) is 0 Å². The number of halogens is 2. The van der Waals surface area contributed by atoms with Gasteiger partial charge in [0.15, 0.2) is 0 Å². The first-order valence-electron chi connectivity index (χ1n) is 7.80. The van der Waals surface area contributed by atoms with Crippen LogP contribution in [0, 0.1) is 5.92 Å². The van der Waals surface area contributed by atoms with Gasteiger partial charge in [0, 0.05) is 16.1 Å². The number of hydrogen-bond donors (Lipinski definition) is 1. The van der Waals surface area contributed by atoms with Crippen molar-refractivity contribution in [1.29, 1.82) is 0 Å². The van der Waals surface area contributed by atoms with Crippen LogP contribution in [0.3, 0.4) is 0 Å². The molecule has 1 aliphatic rings. The summed E-state index contributed by atoms with van der Waals surface area (Å²) >= 11 is 12.2. The highest BCUT2D eigenvalue weighted by Gasteiger charge is 2.16. The van der Waals surface area contributed by atoms with Crippen molar-refractivity contribution in [3.8, 4) is 0 Å². The average Bonchev–Trinajstić information content (AvgIpc) is 2.46. The van der Waals surface area contributed by atoms with Gasteiger partial charge in [0.2, 0.25) is 0 Å². The van der Waals surface area contributed by atoms with Crippen LogP contribution in [-0.4, -0.2) is 13.1 Å². The summed E-state index contributed by atoms with van der Waals surface area (Å²) in [6.07, 6.45) is 10.7. The summed E-state index contributed by atoms with van der Waals surface area (Å²) in [4.78, 5) is 0. The fourth-order valence-electron chi connectivity index (χ4n) is 3.21. The van der Waals surface area contributed by atoms with Crippen LogP contribution < -0.4 is 5.32 Å². The molecular formula is C17H25Cl2N. The van der Waals surface area contributed by atoms with Crippen molar-refractivity contribution in [3.05, 3.63) is 33.8 Å². The molecule has 1 unspecified atom stereocenters. The maximum absolute atomic E-state index is 6.27. The Morgan fingerprint density at radius 3 is 2.60 bits per heavy atom. The second-order valence-electron chi connectivity index (χ2n) is 6.01. The molecule has 1 nitrogen and oxygen atoms in total. The molecule has 1 fully saturated rings. The summed E-state index contributed by atoms with van der Waals surface area (Å²) in [5.41, 5.74) is 1.19. The van der Waals surface area contributed by atoms with E-state index in [2.05, 4.69) is 18.4 Å². The molecule has 3 heteroatoms. The third kappa shape index (κ3) is 4.95. The molecule has 1 aromatic rings. The first-order valence-corrected chi connectivity index (χ1v) is 8.56. The summed E-state index contributed by atoms with van der Waals surface area (Å²) in [6.45, 7) is 0. The van der Waals surface area contributed by atoms with E-state index < -0.39 is 0 Å². The molecule has 0 spiro atoms. The molecule has 0 heterocycles. The molecule has 20 heavy (non-hydrogen) atoms. The molecule has 1 aliphatic carbocycles. The Morgan fingerprint density at radius 2 is 1.95 bits per heavy atom. The molecule has 112 valence electrons.